The number of benzene rings is 3. The molecule has 0 amide bonds. The van der Waals surface area contributed by atoms with Gasteiger partial charge in [0.05, 0.1) is 18.9 Å². The predicted octanol–water partition coefficient (Wildman–Crippen LogP) is 6.61. The number of H-pyrrole nitrogens is 1. The summed E-state index contributed by atoms with van der Waals surface area (Å²) >= 11 is 0. The van der Waals surface area contributed by atoms with Crippen molar-refractivity contribution in [2.75, 3.05) is 37.7 Å². The Bertz CT molecular complexity index is 1850. The van der Waals surface area contributed by atoms with Crippen LogP contribution in [-0.2, 0) is 22.5 Å². The Morgan fingerprint density at radius 2 is 1.84 bits per heavy atom. The highest BCUT2D eigenvalue weighted by atomic mass is 16.5. The van der Waals surface area contributed by atoms with E-state index in [1.54, 1.807) is 6.33 Å². The third-order valence-electron chi connectivity index (χ3n) is 9.66. The lowest BCUT2D eigenvalue weighted by molar-refractivity contribution is -0.109. The van der Waals surface area contributed by atoms with Gasteiger partial charge in [0, 0.05) is 48.5 Å². The minimum atomic E-state index is -0.296. The lowest BCUT2D eigenvalue weighted by Gasteiger charge is -2.37. The van der Waals surface area contributed by atoms with E-state index in [0.717, 1.165) is 102 Å². The molecule has 2 aliphatic heterocycles. The monoisotopic (exact) mass is 583 g/mol. The second-order valence-corrected chi connectivity index (χ2v) is 12.5. The number of aldehydes is 1. The first kappa shape index (κ1) is 27.2. The van der Waals surface area contributed by atoms with E-state index in [4.69, 9.17) is 9.72 Å². The molecule has 7 nitrogen and oxygen atoms in total. The summed E-state index contributed by atoms with van der Waals surface area (Å²) in [4.78, 5) is 30.2. The average Bonchev–Trinajstić information content (AvgIpc) is 3.82. The number of fused-ring (bicyclic) bond motifs is 2. The van der Waals surface area contributed by atoms with E-state index in [-0.39, 0.29) is 6.04 Å². The maximum Gasteiger partial charge on any atom is 0.146 e. The van der Waals surface area contributed by atoms with Gasteiger partial charge in [0.2, 0.25) is 0 Å². The molecule has 0 radical (unpaired) electrons. The average molecular weight is 584 g/mol. The van der Waals surface area contributed by atoms with Gasteiger partial charge in [-0.25, -0.2) is 9.97 Å². The molecule has 3 aliphatic rings. The third kappa shape index (κ3) is 5.00. The van der Waals surface area contributed by atoms with Crippen LogP contribution in [-0.4, -0.2) is 59.0 Å². The zero-order valence-corrected chi connectivity index (χ0v) is 25.1. The number of ether oxygens (including phenoxy) is 1. The van der Waals surface area contributed by atoms with E-state index in [9.17, 15) is 4.79 Å². The largest absolute Gasteiger partial charge is 0.379 e. The minimum absolute atomic E-state index is 0.296. The van der Waals surface area contributed by atoms with Crippen molar-refractivity contribution in [3.63, 3.8) is 0 Å². The number of aromatic nitrogens is 3. The number of aromatic amines is 1. The van der Waals surface area contributed by atoms with E-state index in [1.807, 2.05) is 0 Å². The number of hydrogen-bond donors (Lipinski definition) is 1. The van der Waals surface area contributed by atoms with E-state index >= 15 is 0 Å². The number of anilines is 1. The highest BCUT2D eigenvalue weighted by Gasteiger charge is 2.31. The van der Waals surface area contributed by atoms with E-state index in [2.05, 4.69) is 93.4 Å². The molecule has 0 bridgehead atoms. The van der Waals surface area contributed by atoms with Crippen molar-refractivity contribution in [1.29, 1.82) is 0 Å². The van der Waals surface area contributed by atoms with Crippen LogP contribution in [0.25, 0.3) is 33.5 Å². The molecule has 2 aromatic heterocycles. The zero-order chi connectivity index (χ0) is 29.6. The van der Waals surface area contributed by atoms with Gasteiger partial charge in [0.1, 0.15) is 24.3 Å². The molecule has 1 saturated carbocycles. The van der Waals surface area contributed by atoms with Crippen molar-refractivity contribution >= 4 is 23.0 Å². The predicted molar refractivity (Wildman–Crippen MR) is 174 cm³/mol. The fraction of sp³-hybridized carbons (Fsp3) is 0.324. The molecule has 3 aromatic carbocycles. The first-order valence-corrected chi connectivity index (χ1v) is 15.8. The molecule has 1 atom stereocenters. The Labute approximate surface area is 257 Å². The van der Waals surface area contributed by atoms with Crippen molar-refractivity contribution in [2.45, 2.75) is 44.7 Å². The Morgan fingerprint density at radius 1 is 0.977 bits per heavy atom. The van der Waals surface area contributed by atoms with Gasteiger partial charge < -0.3 is 19.4 Å². The number of rotatable bonds is 7. The molecule has 8 rings (SSSR count). The van der Waals surface area contributed by atoms with Crippen molar-refractivity contribution < 1.29 is 9.53 Å². The van der Waals surface area contributed by atoms with Crippen LogP contribution in [0.2, 0.25) is 0 Å². The molecule has 44 heavy (non-hydrogen) atoms. The maximum absolute atomic E-state index is 12.6. The standard InChI is InChI=1S/C37H37N5O2/c1-24-30(6-3-7-34(24)42-13-12-28-19-27(26-8-9-26)10-11-31(28)35(42)22-43)36-32-20-33(40-37(32)39-23-38-36)29-5-2-4-25(18-29)21-41-14-16-44-17-15-41/h2-7,10-11,18-20,22-23,26,35H,8-9,12-17,21H2,1H3,(H,38,39,40). The topological polar surface area (TPSA) is 74.4 Å². The van der Waals surface area contributed by atoms with Crippen LogP contribution in [0.1, 0.15) is 52.6 Å². The third-order valence-corrected chi connectivity index (χ3v) is 9.66. The summed E-state index contributed by atoms with van der Waals surface area (Å²) < 4.78 is 5.52. The van der Waals surface area contributed by atoms with Crippen LogP contribution in [0.4, 0.5) is 5.69 Å². The van der Waals surface area contributed by atoms with Crippen LogP contribution >= 0.6 is 0 Å². The van der Waals surface area contributed by atoms with Crippen LogP contribution in [0.15, 0.2) is 73.1 Å². The first-order chi connectivity index (χ1) is 21.7. The number of nitrogens with zero attached hydrogens (tertiary/aromatic N) is 4. The normalized spacial score (nSPS) is 18.8. The number of hydrogen-bond acceptors (Lipinski definition) is 6. The molecular weight excluding hydrogens is 546 g/mol. The van der Waals surface area contributed by atoms with Gasteiger partial charge in [0.25, 0.3) is 0 Å². The molecule has 222 valence electrons. The van der Waals surface area contributed by atoms with Crippen molar-refractivity contribution in [3.05, 3.63) is 101 Å². The van der Waals surface area contributed by atoms with Crippen molar-refractivity contribution in [1.82, 2.24) is 19.9 Å². The Kier molecular flexibility index (Phi) is 7.00. The quantitative estimate of drug-likeness (QED) is 0.217. The molecule has 1 unspecified atom stereocenters. The molecule has 0 spiro atoms. The second kappa shape index (κ2) is 11.3. The van der Waals surface area contributed by atoms with Gasteiger partial charge in [-0.1, -0.05) is 48.5 Å². The lowest BCUT2D eigenvalue weighted by atomic mass is 9.89. The van der Waals surface area contributed by atoms with E-state index in [1.165, 1.54) is 29.5 Å². The molecular formula is C37H37N5O2. The summed E-state index contributed by atoms with van der Waals surface area (Å²) in [5.41, 5.74) is 12.3. The fourth-order valence-electron chi connectivity index (χ4n) is 7.12. The second-order valence-electron chi connectivity index (χ2n) is 12.5. The maximum atomic E-state index is 12.6. The van der Waals surface area contributed by atoms with Gasteiger partial charge in [-0.3, -0.25) is 4.90 Å². The number of carbonyl (C=O) groups excluding carboxylic acids is 1. The minimum Gasteiger partial charge on any atom is -0.379 e. The van der Waals surface area contributed by atoms with E-state index in [0.29, 0.717) is 5.92 Å². The number of morpholine rings is 1. The highest BCUT2D eigenvalue weighted by Crippen LogP contribution is 2.43. The fourth-order valence-corrected chi connectivity index (χ4v) is 7.12. The Hall–Kier alpha value is -4.33. The SMILES string of the molecule is Cc1c(-c2ncnc3[nH]c(-c4cccc(CN5CCOCC5)c4)cc23)cccc1N1CCc2cc(C3CC3)ccc2C1C=O. The number of nitrogens with one attached hydrogen (secondary N) is 1. The Morgan fingerprint density at radius 3 is 2.68 bits per heavy atom. The summed E-state index contributed by atoms with van der Waals surface area (Å²) in [5.74, 6) is 0.713. The molecule has 1 aliphatic carbocycles. The van der Waals surface area contributed by atoms with Gasteiger partial charge in [-0.05, 0) is 83.7 Å². The molecule has 2 fully saturated rings. The lowest BCUT2D eigenvalue weighted by Crippen LogP contribution is -2.37. The van der Waals surface area contributed by atoms with Crippen LogP contribution in [0.5, 0.6) is 0 Å². The molecule has 1 saturated heterocycles. The summed E-state index contributed by atoms with van der Waals surface area (Å²) in [6.07, 6.45) is 6.26. The molecule has 4 heterocycles. The van der Waals surface area contributed by atoms with Crippen LogP contribution < -0.4 is 4.90 Å². The first-order valence-electron chi connectivity index (χ1n) is 15.8. The highest BCUT2D eigenvalue weighted by molar-refractivity contribution is 5.95. The van der Waals surface area contributed by atoms with E-state index < -0.39 is 0 Å². The summed E-state index contributed by atoms with van der Waals surface area (Å²) in [6.45, 7) is 7.40. The zero-order valence-electron chi connectivity index (χ0n) is 25.1. The molecule has 7 heteroatoms. The summed E-state index contributed by atoms with van der Waals surface area (Å²) in [7, 11) is 0. The van der Waals surface area contributed by atoms with Gasteiger partial charge in [0.15, 0.2) is 0 Å². The number of carbonyl (C=O) groups is 1. The smallest absolute Gasteiger partial charge is 0.146 e. The van der Waals surface area contributed by atoms with Gasteiger partial charge in [-0.2, -0.15) is 0 Å². The van der Waals surface area contributed by atoms with Gasteiger partial charge in [-0.15, -0.1) is 0 Å². The van der Waals surface area contributed by atoms with Crippen LogP contribution in [0, 0.1) is 6.92 Å². The van der Waals surface area contributed by atoms with Crippen molar-refractivity contribution in [3.8, 4) is 22.5 Å². The molecule has 1 N–H and O–H groups in total. The van der Waals surface area contributed by atoms with Crippen molar-refractivity contribution in [2.24, 2.45) is 0 Å². The van der Waals surface area contributed by atoms with Crippen LogP contribution in [0.3, 0.4) is 0 Å². The van der Waals surface area contributed by atoms with Gasteiger partial charge >= 0.3 is 0 Å². The summed E-state index contributed by atoms with van der Waals surface area (Å²) in [6, 6.07) is 23.7. The summed E-state index contributed by atoms with van der Waals surface area (Å²) in [5, 5.41) is 0.991. The Balaban J connectivity index is 1.12. The molecule has 5 aromatic rings.